The molecule has 0 saturated heterocycles. The van der Waals surface area contributed by atoms with E-state index in [9.17, 15) is 5.11 Å². The molecule has 1 aromatic carbocycles. The highest BCUT2D eigenvalue weighted by atomic mass is 32.1. The van der Waals surface area contributed by atoms with Crippen LogP contribution in [0.5, 0.6) is 11.5 Å². The van der Waals surface area contributed by atoms with E-state index >= 15 is 0 Å². The Hall–Kier alpha value is -2.31. The van der Waals surface area contributed by atoms with Crippen molar-refractivity contribution in [1.29, 1.82) is 0 Å². The molecule has 0 amide bonds. The van der Waals surface area contributed by atoms with Gasteiger partial charge in [0.2, 0.25) is 0 Å². The number of hydrogen-bond donors (Lipinski definition) is 1. The summed E-state index contributed by atoms with van der Waals surface area (Å²) in [7, 11) is 3.26. The summed E-state index contributed by atoms with van der Waals surface area (Å²) >= 11 is 1.69. The van der Waals surface area contributed by atoms with Gasteiger partial charge in [-0.05, 0) is 29.6 Å². The number of nitrogens with zero attached hydrogens (tertiary/aromatic N) is 2. The van der Waals surface area contributed by atoms with Crippen LogP contribution in [-0.2, 0) is 6.54 Å². The maximum absolute atomic E-state index is 10.7. The Morgan fingerprint density at radius 2 is 1.96 bits per heavy atom. The van der Waals surface area contributed by atoms with Crippen LogP contribution in [0.25, 0.3) is 10.1 Å². The van der Waals surface area contributed by atoms with Crippen LogP contribution in [0.2, 0.25) is 0 Å². The molecule has 1 atom stereocenters. The van der Waals surface area contributed by atoms with E-state index in [-0.39, 0.29) is 0 Å². The van der Waals surface area contributed by atoms with Crippen LogP contribution >= 0.6 is 11.3 Å². The molecular formula is C18H18N2O3S. The molecule has 3 heterocycles. The van der Waals surface area contributed by atoms with Gasteiger partial charge in [-0.3, -0.25) is 0 Å². The van der Waals surface area contributed by atoms with Crippen molar-refractivity contribution in [1.82, 2.24) is 4.98 Å². The first kappa shape index (κ1) is 15.2. The summed E-state index contributed by atoms with van der Waals surface area (Å²) in [5, 5.41) is 13.9. The van der Waals surface area contributed by atoms with Gasteiger partial charge in [0, 0.05) is 34.0 Å². The fourth-order valence-corrected chi connectivity index (χ4v) is 4.15. The summed E-state index contributed by atoms with van der Waals surface area (Å²) in [6.45, 7) is 1.09. The van der Waals surface area contributed by atoms with Crippen molar-refractivity contribution in [3.8, 4) is 11.5 Å². The number of rotatable bonds is 3. The molecule has 1 aliphatic rings. The lowest BCUT2D eigenvalue weighted by atomic mass is 9.95. The molecule has 24 heavy (non-hydrogen) atoms. The van der Waals surface area contributed by atoms with Gasteiger partial charge in [0.15, 0.2) is 0 Å². The molecule has 3 aromatic rings. The van der Waals surface area contributed by atoms with E-state index in [0.717, 1.165) is 28.1 Å². The van der Waals surface area contributed by atoms with Crippen LogP contribution in [0.4, 0.5) is 5.82 Å². The number of benzene rings is 1. The van der Waals surface area contributed by atoms with Crippen LogP contribution in [0, 0.1) is 0 Å². The van der Waals surface area contributed by atoms with Gasteiger partial charge in [-0.25, -0.2) is 4.98 Å². The number of hydrogen-bond acceptors (Lipinski definition) is 6. The molecule has 6 heteroatoms. The first-order valence-corrected chi connectivity index (χ1v) is 8.60. The molecule has 1 unspecified atom stereocenters. The van der Waals surface area contributed by atoms with E-state index < -0.39 is 6.10 Å². The Morgan fingerprint density at radius 3 is 2.75 bits per heavy atom. The Kier molecular flexibility index (Phi) is 3.78. The van der Waals surface area contributed by atoms with E-state index in [4.69, 9.17) is 9.47 Å². The first-order valence-electron chi connectivity index (χ1n) is 7.72. The van der Waals surface area contributed by atoms with Crippen molar-refractivity contribution in [3.05, 3.63) is 47.0 Å². The lowest BCUT2D eigenvalue weighted by Gasteiger charge is -2.35. The lowest BCUT2D eigenvalue weighted by molar-refractivity contribution is 0.169. The molecular weight excluding hydrogens is 324 g/mol. The second kappa shape index (κ2) is 5.96. The second-order valence-electron chi connectivity index (χ2n) is 5.73. The Labute approximate surface area is 144 Å². The summed E-state index contributed by atoms with van der Waals surface area (Å²) in [5.74, 6) is 2.34. The van der Waals surface area contributed by atoms with Crippen molar-refractivity contribution >= 4 is 27.2 Å². The van der Waals surface area contributed by atoms with Gasteiger partial charge < -0.3 is 19.5 Å². The van der Waals surface area contributed by atoms with Gasteiger partial charge in [-0.15, -0.1) is 11.3 Å². The van der Waals surface area contributed by atoms with Crippen molar-refractivity contribution in [2.45, 2.75) is 12.6 Å². The van der Waals surface area contributed by atoms with Crippen molar-refractivity contribution < 1.29 is 14.6 Å². The number of methoxy groups -OCH3 is 2. The average Bonchev–Trinajstić information content (AvgIpc) is 3.09. The topological polar surface area (TPSA) is 54.8 Å². The van der Waals surface area contributed by atoms with Crippen LogP contribution in [0.15, 0.2) is 35.8 Å². The fraction of sp³-hybridized carbons (Fsp3) is 0.278. The average molecular weight is 342 g/mol. The minimum Gasteiger partial charge on any atom is -0.496 e. The molecule has 0 bridgehead atoms. The second-order valence-corrected chi connectivity index (χ2v) is 6.67. The predicted molar refractivity (Wildman–Crippen MR) is 95.2 cm³/mol. The third-order valence-electron chi connectivity index (χ3n) is 4.45. The summed E-state index contributed by atoms with van der Waals surface area (Å²) in [6.07, 6.45) is 1.16. The standard InChI is InChI=1S/C18H18N2O3S/c1-22-14-3-4-15(23-2)17-12(14)9-20(10-13(17)21)18-11-6-8-24-16(11)5-7-19-18/h3-8,13,21H,9-10H2,1-2H3. The molecule has 0 fully saturated rings. The molecule has 0 radical (unpaired) electrons. The quantitative estimate of drug-likeness (QED) is 0.791. The molecule has 0 spiro atoms. The summed E-state index contributed by atoms with van der Waals surface area (Å²) in [5.41, 5.74) is 1.76. The van der Waals surface area contributed by atoms with Gasteiger partial charge in [0.05, 0.1) is 20.8 Å². The monoisotopic (exact) mass is 342 g/mol. The number of aliphatic hydroxyl groups excluding tert-OH is 1. The number of ether oxygens (including phenoxy) is 2. The molecule has 124 valence electrons. The molecule has 0 aliphatic carbocycles. The normalized spacial score (nSPS) is 17.0. The number of aliphatic hydroxyl groups is 1. The molecule has 2 aromatic heterocycles. The third-order valence-corrected chi connectivity index (χ3v) is 5.33. The zero-order valence-corrected chi connectivity index (χ0v) is 14.3. The molecule has 0 saturated carbocycles. The highest BCUT2D eigenvalue weighted by Gasteiger charge is 2.30. The van der Waals surface area contributed by atoms with E-state index in [1.807, 2.05) is 24.4 Å². The maximum Gasteiger partial charge on any atom is 0.137 e. The third kappa shape index (κ3) is 2.30. The number of pyridine rings is 1. The van der Waals surface area contributed by atoms with Crippen LogP contribution < -0.4 is 14.4 Å². The summed E-state index contributed by atoms with van der Waals surface area (Å²) in [4.78, 5) is 6.66. The Balaban J connectivity index is 1.83. The van der Waals surface area contributed by atoms with Gasteiger partial charge in [0.1, 0.15) is 23.4 Å². The van der Waals surface area contributed by atoms with Gasteiger partial charge in [0.25, 0.3) is 0 Å². The summed E-state index contributed by atoms with van der Waals surface area (Å²) in [6, 6.07) is 7.81. The highest BCUT2D eigenvalue weighted by molar-refractivity contribution is 7.17. The number of fused-ring (bicyclic) bond motifs is 2. The van der Waals surface area contributed by atoms with Crippen molar-refractivity contribution in [2.75, 3.05) is 25.7 Å². The van der Waals surface area contributed by atoms with Crippen LogP contribution in [0.1, 0.15) is 17.2 Å². The van der Waals surface area contributed by atoms with Crippen molar-refractivity contribution in [2.24, 2.45) is 0 Å². The van der Waals surface area contributed by atoms with Gasteiger partial charge >= 0.3 is 0 Å². The number of anilines is 1. The Bertz CT molecular complexity index is 893. The first-order chi connectivity index (χ1) is 11.7. The number of aromatic nitrogens is 1. The zero-order chi connectivity index (χ0) is 16.7. The molecule has 5 nitrogen and oxygen atoms in total. The van der Waals surface area contributed by atoms with Crippen molar-refractivity contribution in [3.63, 3.8) is 0 Å². The van der Waals surface area contributed by atoms with E-state index in [2.05, 4.69) is 21.3 Å². The largest absolute Gasteiger partial charge is 0.496 e. The minimum atomic E-state index is -0.658. The lowest BCUT2D eigenvalue weighted by Crippen LogP contribution is -2.34. The fourth-order valence-electron chi connectivity index (χ4n) is 3.37. The van der Waals surface area contributed by atoms with E-state index in [1.54, 1.807) is 25.6 Å². The Morgan fingerprint density at radius 1 is 1.17 bits per heavy atom. The van der Waals surface area contributed by atoms with E-state index in [0.29, 0.717) is 18.8 Å². The number of β-amino-alcohol motifs (C(OH)–C–C–N with tert-alkyl or cyclic N) is 1. The molecule has 1 aliphatic heterocycles. The highest BCUT2D eigenvalue weighted by Crippen LogP contribution is 2.41. The van der Waals surface area contributed by atoms with Crippen LogP contribution in [-0.4, -0.2) is 30.9 Å². The predicted octanol–water partition coefficient (Wildman–Crippen LogP) is 3.37. The minimum absolute atomic E-state index is 0.471. The van der Waals surface area contributed by atoms with Gasteiger partial charge in [-0.1, -0.05) is 0 Å². The maximum atomic E-state index is 10.7. The van der Waals surface area contributed by atoms with E-state index in [1.165, 1.54) is 4.70 Å². The molecule has 1 N–H and O–H groups in total. The van der Waals surface area contributed by atoms with Gasteiger partial charge in [-0.2, -0.15) is 0 Å². The van der Waals surface area contributed by atoms with Crippen LogP contribution in [0.3, 0.4) is 0 Å². The number of thiophene rings is 1. The smallest absolute Gasteiger partial charge is 0.137 e. The SMILES string of the molecule is COc1ccc(OC)c2c1CN(c1nccc3sccc13)CC2O. The zero-order valence-electron chi connectivity index (χ0n) is 13.5. The molecule has 4 rings (SSSR count). The summed E-state index contributed by atoms with van der Waals surface area (Å²) < 4.78 is 12.1.